The van der Waals surface area contributed by atoms with Gasteiger partial charge in [-0.05, 0) is 42.8 Å². The maximum absolute atomic E-state index is 14.1. The molecule has 0 saturated heterocycles. The first kappa shape index (κ1) is 23.3. The monoisotopic (exact) mass is 506 g/mol. The second-order valence-corrected chi connectivity index (χ2v) is 9.86. The molecule has 2 aliphatic heterocycles. The Morgan fingerprint density at radius 1 is 1.14 bits per heavy atom. The zero-order valence-electron chi connectivity index (χ0n) is 18.6. The first-order valence-corrected chi connectivity index (χ1v) is 12.2. The number of rotatable bonds is 5. The first-order valence-electron chi connectivity index (χ1n) is 11.0. The summed E-state index contributed by atoms with van der Waals surface area (Å²) >= 11 is 6.92. The van der Waals surface area contributed by atoms with E-state index in [2.05, 4.69) is 10.3 Å². The Kier molecular flexibility index (Phi) is 6.40. The van der Waals surface area contributed by atoms with Gasteiger partial charge in [-0.3, -0.25) is 14.6 Å². The van der Waals surface area contributed by atoms with Crippen molar-refractivity contribution in [1.29, 1.82) is 0 Å². The lowest BCUT2D eigenvalue weighted by atomic mass is 10.1. The van der Waals surface area contributed by atoms with Crippen LogP contribution in [0.1, 0.15) is 18.1 Å². The molecule has 3 aromatic carbocycles. The van der Waals surface area contributed by atoms with Crippen molar-refractivity contribution >= 4 is 57.6 Å². The summed E-state index contributed by atoms with van der Waals surface area (Å²) in [5.41, 5.74) is 2.48. The van der Waals surface area contributed by atoms with Crippen molar-refractivity contribution in [2.75, 3.05) is 5.32 Å². The van der Waals surface area contributed by atoms with Gasteiger partial charge in [-0.1, -0.05) is 65.8 Å². The van der Waals surface area contributed by atoms with Gasteiger partial charge in [0.05, 0.1) is 16.6 Å². The minimum absolute atomic E-state index is 0.0326. The summed E-state index contributed by atoms with van der Waals surface area (Å²) in [6.07, 6.45) is 0.464. The lowest BCUT2D eigenvalue weighted by Gasteiger charge is -2.27. The number of halogens is 2. The van der Waals surface area contributed by atoms with Gasteiger partial charge in [0.1, 0.15) is 17.7 Å². The molecule has 0 radical (unpaired) electrons. The van der Waals surface area contributed by atoms with Crippen LogP contribution < -0.4 is 5.32 Å². The largest absolute Gasteiger partial charge is 0.323 e. The summed E-state index contributed by atoms with van der Waals surface area (Å²) in [4.78, 5) is 37.2. The molecule has 0 saturated carbocycles. The van der Waals surface area contributed by atoms with Gasteiger partial charge >= 0.3 is 0 Å². The molecule has 2 atom stereocenters. The van der Waals surface area contributed by atoms with Gasteiger partial charge in [0.2, 0.25) is 5.91 Å². The molecule has 176 valence electrons. The number of carbonyl (C=O) groups excluding carboxylic acids is 2. The molecule has 2 aliphatic rings. The van der Waals surface area contributed by atoms with Crippen molar-refractivity contribution in [3.05, 3.63) is 94.8 Å². The Bertz CT molecular complexity index is 1380. The van der Waals surface area contributed by atoms with Crippen molar-refractivity contribution in [1.82, 2.24) is 4.90 Å². The van der Waals surface area contributed by atoms with Gasteiger partial charge in [-0.2, -0.15) is 0 Å². The molecule has 2 heterocycles. The average molecular weight is 507 g/mol. The standard InChI is InChI=1S/C26H20ClFN4O2S/c1-15(24(33)30-21-12-11-17(27)14-19(21)28)35-26-31-20-10-6-5-9-18(20)23-29-22(25(34)32(23)26)13-16-7-3-2-4-8-16/h2-12,14-15,22H,13H2,1H3,(H,30,33)/t15-,22+/m1/s1. The van der Waals surface area contributed by atoms with Gasteiger partial charge in [0.25, 0.3) is 5.91 Å². The Balaban J connectivity index is 1.40. The van der Waals surface area contributed by atoms with Crippen LogP contribution in [0.25, 0.3) is 0 Å². The lowest BCUT2D eigenvalue weighted by molar-refractivity contribution is -0.124. The first-order chi connectivity index (χ1) is 16.9. The lowest BCUT2D eigenvalue weighted by Crippen LogP contribution is -2.42. The van der Waals surface area contributed by atoms with Crippen LogP contribution in [0.3, 0.4) is 0 Å². The van der Waals surface area contributed by atoms with Crippen molar-refractivity contribution in [3.8, 4) is 0 Å². The van der Waals surface area contributed by atoms with E-state index in [1.165, 1.54) is 17.0 Å². The fourth-order valence-electron chi connectivity index (χ4n) is 3.89. The van der Waals surface area contributed by atoms with E-state index in [1.54, 1.807) is 6.92 Å². The normalized spacial score (nSPS) is 17.3. The number of fused-ring (bicyclic) bond motifs is 3. The van der Waals surface area contributed by atoms with Gasteiger partial charge in [-0.25, -0.2) is 14.3 Å². The SMILES string of the molecule is C[C@@H](SC1=Nc2ccccc2C2=N[C@@H](Cc3ccccc3)C(=O)N12)C(=O)Nc1ccc(Cl)cc1F. The number of hydrogen-bond acceptors (Lipinski definition) is 5. The molecule has 0 unspecified atom stereocenters. The molecular weight excluding hydrogens is 487 g/mol. The predicted molar refractivity (Wildman–Crippen MR) is 138 cm³/mol. The number of aliphatic imine (C=N–C) groups is 2. The third kappa shape index (κ3) is 4.72. The molecule has 1 N–H and O–H groups in total. The van der Waals surface area contributed by atoms with Gasteiger partial charge in [-0.15, -0.1) is 0 Å². The number of carbonyl (C=O) groups is 2. The summed E-state index contributed by atoms with van der Waals surface area (Å²) < 4.78 is 14.1. The van der Waals surface area contributed by atoms with E-state index in [4.69, 9.17) is 16.6 Å². The molecule has 0 aliphatic carbocycles. The fraction of sp³-hybridized carbons (Fsp3) is 0.154. The topological polar surface area (TPSA) is 74.1 Å². The van der Waals surface area contributed by atoms with E-state index in [0.29, 0.717) is 23.1 Å². The van der Waals surface area contributed by atoms with E-state index in [-0.39, 0.29) is 16.6 Å². The summed E-state index contributed by atoms with van der Waals surface area (Å²) in [7, 11) is 0. The summed E-state index contributed by atoms with van der Waals surface area (Å²) in [6, 6.07) is 20.6. The van der Waals surface area contributed by atoms with E-state index >= 15 is 0 Å². The summed E-state index contributed by atoms with van der Waals surface area (Å²) in [5, 5.41) is 2.51. The third-order valence-corrected chi connectivity index (χ3v) is 6.95. The number of hydrogen-bond donors (Lipinski definition) is 1. The number of nitrogens with one attached hydrogen (secondary N) is 1. The number of anilines is 1. The van der Waals surface area contributed by atoms with Gasteiger partial charge in [0.15, 0.2) is 5.17 Å². The smallest absolute Gasteiger partial charge is 0.259 e. The van der Waals surface area contributed by atoms with Gasteiger partial charge in [0, 0.05) is 17.0 Å². The van der Waals surface area contributed by atoms with Crippen LogP contribution in [0, 0.1) is 5.82 Å². The number of thioether (sulfide) groups is 1. The minimum atomic E-state index is -0.670. The van der Waals surface area contributed by atoms with Gasteiger partial charge < -0.3 is 5.32 Å². The van der Waals surface area contributed by atoms with Crippen LogP contribution in [-0.4, -0.2) is 39.0 Å². The highest BCUT2D eigenvalue weighted by molar-refractivity contribution is 8.15. The second-order valence-electron chi connectivity index (χ2n) is 8.12. The third-order valence-electron chi connectivity index (χ3n) is 5.66. The van der Waals surface area contributed by atoms with Crippen LogP contribution in [0.2, 0.25) is 5.02 Å². The maximum atomic E-state index is 14.1. The van der Waals surface area contributed by atoms with Crippen molar-refractivity contribution in [2.45, 2.75) is 24.6 Å². The van der Waals surface area contributed by atoms with Crippen LogP contribution in [-0.2, 0) is 16.0 Å². The van der Waals surface area contributed by atoms with Crippen molar-refractivity contribution in [2.24, 2.45) is 9.98 Å². The number of para-hydroxylation sites is 1. The Hall–Kier alpha value is -3.49. The quantitative estimate of drug-likeness (QED) is 0.500. The Morgan fingerprint density at radius 3 is 2.66 bits per heavy atom. The molecule has 2 amide bonds. The predicted octanol–water partition coefficient (Wildman–Crippen LogP) is 5.44. The highest BCUT2D eigenvalue weighted by Gasteiger charge is 2.42. The highest BCUT2D eigenvalue weighted by atomic mass is 35.5. The van der Waals surface area contributed by atoms with Crippen molar-refractivity contribution < 1.29 is 14.0 Å². The maximum Gasteiger partial charge on any atom is 0.259 e. The molecule has 35 heavy (non-hydrogen) atoms. The number of benzene rings is 3. The molecule has 0 aromatic heterocycles. The molecule has 5 rings (SSSR count). The molecular formula is C26H20ClFN4O2S. The van der Waals surface area contributed by atoms with Crippen LogP contribution in [0.4, 0.5) is 15.8 Å². The van der Waals surface area contributed by atoms with Crippen LogP contribution >= 0.6 is 23.4 Å². The zero-order valence-corrected chi connectivity index (χ0v) is 20.2. The van der Waals surface area contributed by atoms with Crippen molar-refractivity contribution in [3.63, 3.8) is 0 Å². The summed E-state index contributed by atoms with van der Waals surface area (Å²) in [6.45, 7) is 1.68. The van der Waals surface area contributed by atoms with E-state index in [1.807, 2.05) is 54.6 Å². The fourth-order valence-corrected chi connectivity index (χ4v) is 4.96. The highest BCUT2D eigenvalue weighted by Crippen LogP contribution is 2.35. The molecule has 0 spiro atoms. The number of nitrogens with zero attached hydrogens (tertiary/aromatic N) is 3. The number of amidine groups is 2. The van der Waals surface area contributed by atoms with E-state index in [9.17, 15) is 14.0 Å². The Labute approximate surface area is 210 Å². The molecule has 0 bridgehead atoms. The van der Waals surface area contributed by atoms with E-state index in [0.717, 1.165) is 29.0 Å². The average Bonchev–Trinajstić information content (AvgIpc) is 3.18. The minimum Gasteiger partial charge on any atom is -0.323 e. The summed E-state index contributed by atoms with van der Waals surface area (Å²) in [5.74, 6) is -0.718. The van der Waals surface area contributed by atoms with Crippen LogP contribution in [0.15, 0.2) is 82.8 Å². The second kappa shape index (κ2) is 9.64. The molecule has 6 nitrogen and oxygen atoms in total. The molecule has 9 heteroatoms. The molecule has 0 fully saturated rings. The Morgan fingerprint density at radius 2 is 1.89 bits per heavy atom. The van der Waals surface area contributed by atoms with Crippen LogP contribution in [0.5, 0.6) is 0 Å². The van der Waals surface area contributed by atoms with E-state index < -0.39 is 23.0 Å². The molecule has 3 aromatic rings. The zero-order chi connectivity index (χ0) is 24.5. The number of amides is 2.